The summed E-state index contributed by atoms with van der Waals surface area (Å²) >= 11 is 0. The van der Waals surface area contributed by atoms with Crippen molar-refractivity contribution in [2.24, 2.45) is 0 Å². The molecule has 0 saturated carbocycles. The number of halogens is 1. The van der Waals surface area contributed by atoms with Crippen molar-refractivity contribution in [3.05, 3.63) is 71.0 Å². The predicted molar refractivity (Wildman–Crippen MR) is 90.6 cm³/mol. The van der Waals surface area contributed by atoms with Crippen LogP contribution in [-0.4, -0.2) is 24.2 Å². The van der Waals surface area contributed by atoms with Crippen molar-refractivity contribution in [3.63, 3.8) is 0 Å². The molecule has 3 nitrogen and oxygen atoms in total. The molecule has 1 aliphatic rings. The van der Waals surface area contributed by atoms with Gasteiger partial charge in [-0.05, 0) is 48.2 Å². The van der Waals surface area contributed by atoms with E-state index >= 15 is 0 Å². The molecule has 1 fully saturated rings. The summed E-state index contributed by atoms with van der Waals surface area (Å²) in [5, 5.41) is 9.07. The molecule has 0 spiro atoms. The summed E-state index contributed by atoms with van der Waals surface area (Å²) in [5.41, 5.74) is 2.70. The second-order valence-corrected chi connectivity index (χ2v) is 6.25. The molecular formula is C20H21FN2O. The van der Waals surface area contributed by atoms with Gasteiger partial charge in [0.05, 0.1) is 17.7 Å². The van der Waals surface area contributed by atoms with E-state index in [1.54, 1.807) is 18.2 Å². The minimum absolute atomic E-state index is 0.212. The van der Waals surface area contributed by atoms with Crippen LogP contribution in [0.3, 0.4) is 0 Å². The summed E-state index contributed by atoms with van der Waals surface area (Å²) in [6, 6.07) is 16.5. The molecule has 4 heteroatoms. The van der Waals surface area contributed by atoms with Gasteiger partial charge in [-0.15, -0.1) is 0 Å². The largest absolute Gasteiger partial charge is 0.377 e. The Kier molecular flexibility index (Phi) is 5.58. The monoisotopic (exact) mass is 324 g/mol. The first-order valence-corrected chi connectivity index (χ1v) is 8.30. The van der Waals surface area contributed by atoms with Crippen molar-refractivity contribution < 1.29 is 9.13 Å². The SMILES string of the molecule is N#Cc1cccc(CN(Cc2cccc(F)c2)CC2CCCO2)c1. The number of hydrogen-bond donors (Lipinski definition) is 0. The molecule has 2 aromatic rings. The number of nitrogens with zero attached hydrogens (tertiary/aromatic N) is 2. The lowest BCUT2D eigenvalue weighted by molar-refractivity contribution is 0.0679. The number of rotatable bonds is 6. The van der Waals surface area contributed by atoms with Crippen LogP contribution in [0.15, 0.2) is 48.5 Å². The van der Waals surface area contributed by atoms with Crippen molar-refractivity contribution in [3.8, 4) is 6.07 Å². The molecule has 1 atom stereocenters. The second-order valence-electron chi connectivity index (χ2n) is 6.25. The minimum Gasteiger partial charge on any atom is -0.377 e. The van der Waals surface area contributed by atoms with Gasteiger partial charge in [0.25, 0.3) is 0 Å². The fourth-order valence-corrected chi connectivity index (χ4v) is 3.15. The van der Waals surface area contributed by atoms with Crippen LogP contribution in [0, 0.1) is 17.1 Å². The average molecular weight is 324 g/mol. The zero-order valence-corrected chi connectivity index (χ0v) is 13.6. The zero-order valence-electron chi connectivity index (χ0n) is 13.6. The molecule has 0 aromatic heterocycles. The van der Waals surface area contributed by atoms with Gasteiger partial charge in [0.1, 0.15) is 5.82 Å². The summed E-state index contributed by atoms with van der Waals surface area (Å²) in [5.74, 6) is -0.212. The Hall–Kier alpha value is -2.22. The summed E-state index contributed by atoms with van der Waals surface area (Å²) in [6.45, 7) is 3.01. The van der Waals surface area contributed by atoms with E-state index < -0.39 is 0 Å². The second kappa shape index (κ2) is 8.05. The molecule has 1 unspecified atom stereocenters. The molecule has 1 heterocycles. The molecule has 1 aliphatic heterocycles. The number of benzene rings is 2. The van der Waals surface area contributed by atoms with Gasteiger partial charge >= 0.3 is 0 Å². The van der Waals surface area contributed by atoms with Crippen molar-refractivity contribution in [2.45, 2.75) is 32.0 Å². The van der Waals surface area contributed by atoms with Crippen molar-refractivity contribution in [1.29, 1.82) is 5.26 Å². The number of nitriles is 1. The Morgan fingerprint density at radius 1 is 1.12 bits per heavy atom. The van der Waals surface area contributed by atoms with E-state index in [1.807, 2.05) is 24.3 Å². The lowest BCUT2D eigenvalue weighted by atomic mass is 10.1. The summed E-state index contributed by atoms with van der Waals surface area (Å²) < 4.78 is 19.2. The van der Waals surface area contributed by atoms with Crippen LogP contribution in [0.1, 0.15) is 29.5 Å². The molecular weight excluding hydrogens is 303 g/mol. The molecule has 0 aliphatic carbocycles. The standard InChI is InChI=1S/C20H21FN2O/c21-19-7-2-6-18(11-19)14-23(15-20-8-3-9-24-20)13-17-5-1-4-16(10-17)12-22/h1-2,4-7,10-11,20H,3,8-9,13-15H2. The quantitative estimate of drug-likeness (QED) is 0.809. The lowest BCUT2D eigenvalue weighted by Gasteiger charge is -2.25. The highest BCUT2D eigenvalue weighted by molar-refractivity contribution is 5.32. The lowest BCUT2D eigenvalue weighted by Crippen LogP contribution is -2.31. The average Bonchev–Trinajstić information content (AvgIpc) is 3.08. The molecule has 24 heavy (non-hydrogen) atoms. The van der Waals surface area contributed by atoms with Crippen LogP contribution in [-0.2, 0) is 17.8 Å². The summed E-state index contributed by atoms with van der Waals surface area (Å²) in [7, 11) is 0. The van der Waals surface area contributed by atoms with E-state index in [0.29, 0.717) is 18.7 Å². The first-order chi connectivity index (χ1) is 11.7. The van der Waals surface area contributed by atoms with Gasteiger partial charge in [0.15, 0.2) is 0 Å². The topological polar surface area (TPSA) is 36.3 Å². The number of hydrogen-bond acceptors (Lipinski definition) is 3. The summed E-state index contributed by atoms with van der Waals surface area (Å²) in [4.78, 5) is 2.27. The highest BCUT2D eigenvalue weighted by Gasteiger charge is 2.19. The maximum absolute atomic E-state index is 13.5. The van der Waals surface area contributed by atoms with Crippen LogP contribution in [0.25, 0.3) is 0 Å². The molecule has 0 radical (unpaired) electrons. The molecule has 2 aromatic carbocycles. The van der Waals surface area contributed by atoms with Crippen LogP contribution in [0.4, 0.5) is 4.39 Å². The molecule has 3 rings (SSSR count). The first-order valence-electron chi connectivity index (χ1n) is 8.30. The van der Waals surface area contributed by atoms with Gasteiger partial charge < -0.3 is 4.74 Å². The van der Waals surface area contributed by atoms with Crippen LogP contribution in [0.5, 0.6) is 0 Å². The third-order valence-electron chi connectivity index (χ3n) is 4.24. The normalized spacial score (nSPS) is 17.1. The van der Waals surface area contributed by atoms with Gasteiger partial charge in [-0.3, -0.25) is 4.90 Å². The third kappa shape index (κ3) is 4.64. The smallest absolute Gasteiger partial charge is 0.123 e. The van der Waals surface area contributed by atoms with Crippen molar-refractivity contribution >= 4 is 0 Å². The van der Waals surface area contributed by atoms with Crippen LogP contribution >= 0.6 is 0 Å². The van der Waals surface area contributed by atoms with E-state index in [9.17, 15) is 4.39 Å². The minimum atomic E-state index is -0.212. The summed E-state index contributed by atoms with van der Waals surface area (Å²) in [6.07, 6.45) is 2.40. The van der Waals surface area contributed by atoms with Gasteiger partial charge in [0.2, 0.25) is 0 Å². The van der Waals surface area contributed by atoms with E-state index in [-0.39, 0.29) is 11.9 Å². The van der Waals surface area contributed by atoms with Gasteiger partial charge in [-0.1, -0.05) is 24.3 Å². The van der Waals surface area contributed by atoms with E-state index in [2.05, 4.69) is 11.0 Å². The number of ether oxygens (including phenoxy) is 1. The third-order valence-corrected chi connectivity index (χ3v) is 4.24. The first kappa shape index (κ1) is 16.6. The fraction of sp³-hybridized carbons (Fsp3) is 0.350. The van der Waals surface area contributed by atoms with Gasteiger partial charge in [0, 0.05) is 26.2 Å². The van der Waals surface area contributed by atoms with E-state index in [1.165, 1.54) is 6.07 Å². The Balaban J connectivity index is 1.74. The van der Waals surface area contributed by atoms with Crippen LogP contribution < -0.4 is 0 Å². The van der Waals surface area contributed by atoms with E-state index in [4.69, 9.17) is 10.00 Å². The molecule has 124 valence electrons. The molecule has 0 amide bonds. The highest BCUT2D eigenvalue weighted by atomic mass is 19.1. The van der Waals surface area contributed by atoms with Crippen molar-refractivity contribution in [1.82, 2.24) is 4.90 Å². The Morgan fingerprint density at radius 3 is 2.54 bits per heavy atom. The van der Waals surface area contributed by atoms with Gasteiger partial charge in [-0.2, -0.15) is 5.26 Å². The van der Waals surface area contributed by atoms with E-state index in [0.717, 1.165) is 37.1 Å². The van der Waals surface area contributed by atoms with Gasteiger partial charge in [-0.25, -0.2) is 4.39 Å². The molecule has 0 N–H and O–H groups in total. The predicted octanol–water partition coefficient (Wildman–Crippen LogP) is 3.88. The Bertz CT molecular complexity index is 720. The Morgan fingerprint density at radius 2 is 1.88 bits per heavy atom. The zero-order chi connectivity index (χ0) is 16.8. The van der Waals surface area contributed by atoms with Crippen molar-refractivity contribution in [2.75, 3.05) is 13.2 Å². The maximum Gasteiger partial charge on any atom is 0.123 e. The Labute approximate surface area is 142 Å². The maximum atomic E-state index is 13.5. The molecule has 0 bridgehead atoms. The fourth-order valence-electron chi connectivity index (χ4n) is 3.15. The molecule has 1 saturated heterocycles. The highest BCUT2D eigenvalue weighted by Crippen LogP contribution is 2.18. The van der Waals surface area contributed by atoms with Crippen LogP contribution in [0.2, 0.25) is 0 Å².